The van der Waals surface area contributed by atoms with E-state index in [0.29, 0.717) is 11.1 Å². The molecular weight excluding hydrogens is 310 g/mol. The molecule has 1 heterocycles. The smallest absolute Gasteiger partial charge is 0.277 e. The van der Waals surface area contributed by atoms with Gasteiger partial charge in [-0.25, -0.2) is 0 Å². The molecular formula is C17H23N3O2S. The molecule has 2 rings (SSSR count). The summed E-state index contributed by atoms with van der Waals surface area (Å²) in [5.74, 6) is 0.754. The summed E-state index contributed by atoms with van der Waals surface area (Å²) in [4.78, 5) is 11.8. The van der Waals surface area contributed by atoms with E-state index in [2.05, 4.69) is 28.5 Å². The minimum absolute atomic E-state index is 0.0119. The molecule has 6 heteroatoms. The summed E-state index contributed by atoms with van der Waals surface area (Å²) in [5.41, 5.74) is 3.20. The molecule has 0 spiro atoms. The quantitative estimate of drug-likeness (QED) is 0.782. The van der Waals surface area contributed by atoms with Gasteiger partial charge in [-0.1, -0.05) is 42.3 Å². The molecule has 0 bridgehead atoms. The van der Waals surface area contributed by atoms with Crippen molar-refractivity contribution in [3.63, 3.8) is 0 Å². The summed E-state index contributed by atoms with van der Waals surface area (Å²) in [6, 6.07) is 6.31. The van der Waals surface area contributed by atoms with E-state index in [0.717, 1.165) is 29.5 Å². The molecule has 0 radical (unpaired) electrons. The van der Waals surface area contributed by atoms with Crippen LogP contribution in [0.1, 0.15) is 37.8 Å². The lowest BCUT2D eigenvalue weighted by molar-refractivity contribution is -0.119. The molecule has 0 aliphatic rings. The van der Waals surface area contributed by atoms with Crippen molar-refractivity contribution in [3.05, 3.63) is 29.3 Å². The van der Waals surface area contributed by atoms with Gasteiger partial charge in [0.05, 0.1) is 5.75 Å². The zero-order valence-corrected chi connectivity index (χ0v) is 14.9. The fourth-order valence-electron chi connectivity index (χ4n) is 2.43. The van der Waals surface area contributed by atoms with Gasteiger partial charge in [-0.3, -0.25) is 4.79 Å². The SMILES string of the molecule is CCC[C@@H](C)NC(=O)CSc1nnc(-c2cc(C)cc(C)c2)o1. The number of hydrogen-bond acceptors (Lipinski definition) is 5. The molecule has 1 amide bonds. The van der Waals surface area contributed by atoms with Crippen LogP contribution in [0, 0.1) is 13.8 Å². The second-order valence-electron chi connectivity index (χ2n) is 5.80. The second kappa shape index (κ2) is 8.15. The summed E-state index contributed by atoms with van der Waals surface area (Å²) < 4.78 is 5.64. The molecule has 2 aromatic rings. The molecule has 0 unspecified atom stereocenters. The fraction of sp³-hybridized carbons (Fsp3) is 0.471. The largest absolute Gasteiger partial charge is 0.411 e. The number of benzene rings is 1. The minimum Gasteiger partial charge on any atom is -0.411 e. The van der Waals surface area contributed by atoms with Gasteiger partial charge in [-0.15, -0.1) is 10.2 Å². The Hall–Kier alpha value is -1.82. The molecule has 0 aliphatic heterocycles. The molecule has 1 aromatic carbocycles. The van der Waals surface area contributed by atoms with Crippen molar-refractivity contribution < 1.29 is 9.21 Å². The standard InChI is InChI=1S/C17H23N3O2S/c1-5-6-13(4)18-15(21)10-23-17-20-19-16(22-17)14-8-11(2)7-12(3)9-14/h7-9,13H,5-6,10H2,1-4H3,(H,18,21)/t13-/m1/s1. The molecule has 1 N–H and O–H groups in total. The van der Waals surface area contributed by atoms with E-state index in [9.17, 15) is 4.79 Å². The number of thioether (sulfide) groups is 1. The van der Waals surface area contributed by atoms with Crippen LogP contribution in [0.2, 0.25) is 0 Å². The lowest BCUT2D eigenvalue weighted by Gasteiger charge is -2.11. The van der Waals surface area contributed by atoms with Crippen molar-refractivity contribution in [2.75, 3.05) is 5.75 Å². The first-order valence-corrected chi connectivity index (χ1v) is 8.80. The van der Waals surface area contributed by atoms with Crippen molar-refractivity contribution in [1.29, 1.82) is 0 Å². The lowest BCUT2D eigenvalue weighted by atomic mass is 10.1. The first-order chi connectivity index (χ1) is 11.0. The van der Waals surface area contributed by atoms with Gasteiger partial charge in [-0.05, 0) is 39.3 Å². The van der Waals surface area contributed by atoms with E-state index in [-0.39, 0.29) is 17.7 Å². The lowest BCUT2D eigenvalue weighted by Crippen LogP contribution is -2.33. The third-order valence-electron chi connectivity index (χ3n) is 3.33. The summed E-state index contributed by atoms with van der Waals surface area (Å²) >= 11 is 1.26. The Morgan fingerprint density at radius 3 is 2.61 bits per heavy atom. The highest BCUT2D eigenvalue weighted by Crippen LogP contribution is 2.24. The zero-order valence-electron chi connectivity index (χ0n) is 14.0. The van der Waals surface area contributed by atoms with E-state index in [1.807, 2.05) is 32.9 Å². The van der Waals surface area contributed by atoms with Crippen LogP contribution in [0.5, 0.6) is 0 Å². The predicted molar refractivity (Wildman–Crippen MR) is 92.4 cm³/mol. The van der Waals surface area contributed by atoms with Crippen molar-refractivity contribution in [3.8, 4) is 11.5 Å². The van der Waals surface area contributed by atoms with E-state index in [1.54, 1.807) is 0 Å². The summed E-state index contributed by atoms with van der Waals surface area (Å²) in [6.45, 7) is 8.18. The average Bonchev–Trinajstić information content (AvgIpc) is 2.93. The van der Waals surface area contributed by atoms with Gasteiger partial charge in [0.2, 0.25) is 11.8 Å². The van der Waals surface area contributed by atoms with Crippen LogP contribution in [0.3, 0.4) is 0 Å². The van der Waals surface area contributed by atoms with Crippen LogP contribution >= 0.6 is 11.8 Å². The molecule has 124 valence electrons. The van der Waals surface area contributed by atoms with Gasteiger partial charge >= 0.3 is 0 Å². The monoisotopic (exact) mass is 333 g/mol. The molecule has 0 fully saturated rings. The van der Waals surface area contributed by atoms with Crippen molar-refractivity contribution >= 4 is 17.7 Å². The van der Waals surface area contributed by atoms with E-state index in [4.69, 9.17) is 4.42 Å². The maximum absolute atomic E-state index is 11.8. The normalized spacial score (nSPS) is 12.2. The molecule has 1 aromatic heterocycles. The van der Waals surface area contributed by atoms with Gasteiger partial charge in [-0.2, -0.15) is 0 Å². The molecule has 1 atom stereocenters. The summed E-state index contributed by atoms with van der Waals surface area (Å²) in [6.07, 6.45) is 2.03. The summed E-state index contributed by atoms with van der Waals surface area (Å²) in [7, 11) is 0. The first kappa shape index (κ1) is 17.5. The number of aromatic nitrogens is 2. The average molecular weight is 333 g/mol. The predicted octanol–water partition coefficient (Wildman–Crippen LogP) is 3.75. The van der Waals surface area contributed by atoms with E-state index >= 15 is 0 Å². The number of nitrogens with zero attached hydrogens (tertiary/aromatic N) is 2. The highest BCUT2D eigenvalue weighted by atomic mass is 32.2. The molecule has 5 nitrogen and oxygen atoms in total. The number of nitrogens with one attached hydrogen (secondary N) is 1. The Labute approximate surface area is 141 Å². The van der Waals surface area contributed by atoms with Crippen LogP contribution < -0.4 is 5.32 Å². The van der Waals surface area contributed by atoms with Gasteiger partial charge in [0.25, 0.3) is 5.22 Å². The van der Waals surface area contributed by atoms with Crippen LogP contribution in [0.4, 0.5) is 0 Å². The topological polar surface area (TPSA) is 68.0 Å². The molecule has 0 aliphatic carbocycles. The van der Waals surface area contributed by atoms with Crippen LogP contribution in [-0.2, 0) is 4.79 Å². The fourth-order valence-corrected chi connectivity index (χ4v) is 3.01. The highest BCUT2D eigenvalue weighted by Gasteiger charge is 2.13. The number of amides is 1. The number of carbonyl (C=O) groups is 1. The number of aryl methyl sites for hydroxylation is 2. The zero-order chi connectivity index (χ0) is 16.8. The Kier molecular flexibility index (Phi) is 6.21. The number of hydrogen-bond donors (Lipinski definition) is 1. The van der Waals surface area contributed by atoms with Gasteiger partial charge in [0, 0.05) is 11.6 Å². The van der Waals surface area contributed by atoms with E-state index < -0.39 is 0 Å². The second-order valence-corrected chi connectivity index (χ2v) is 6.72. The maximum Gasteiger partial charge on any atom is 0.277 e. The molecule has 0 saturated heterocycles. The van der Waals surface area contributed by atoms with Gasteiger partial charge in [0.1, 0.15) is 0 Å². The van der Waals surface area contributed by atoms with E-state index in [1.165, 1.54) is 11.8 Å². The van der Waals surface area contributed by atoms with Crippen LogP contribution in [-0.4, -0.2) is 27.9 Å². The number of rotatable bonds is 7. The maximum atomic E-state index is 11.8. The Morgan fingerprint density at radius 2 is 1.96 bits per heavy atom. The summed E-state index contributed by atoms with van der Waals surface area (Å²) in [5, 5.41) is 11.4. The van der Waals surface area contributed by atoms with Crippen LogP contribution in [0.15, 0.2) is 27.8 Å². The van der Waals surface area contributed by atoms with Crippen molar-refractivity contribution in [2.24, 2.45) is 0 Å². The number of carbonyl (C=O) groups excluding carboxylic acids is 1. The highest BCUT2D eigenvalue weighted by molar-refractivity contribution is 7.99. The molecule has 23 heavy (non-hydrogen) atoms. The third-order valence-corrected chi connectivity index (χ3v) is 4.15. The van der Waals surface area contributed by atoms with Gasteiger partial charge in [0.15, 0.2) is 0 Å². The van der Waals surface area contributed by atoms with Crippen molar-refractivity contribution in [1.82, 2.24) is 15.5 Å². The minimum atomic E-state index is -0.0119. The Morgan fingerprint density at radius 1 is 1.26 bits per heavy atom. The van der Waals surface area contributed by atoms with Crippen LogP contribution in [0.25, 0.3) is 11.5 Å². The van der Waals surface area contributed by atoms with Crippen molar-refractivity contribution in [2.45, 2.75) is 51.8 Å². The molecule has 0 saturated carbocycles. The Bertz CT molecular complexity index is 649. The first-order valence-electron chi connectivity index (χ1n) is 7.82. The Balaban J connectivity index is 1.93. The third kappa shape index (κ3) is 5.39. The van der Waals surface area contributed by atoms with Gasteiger partial charge < -0.3 is 9.73 Å².